The number of hydrogen-bond acceptors (Lipinski definition) is 3. The maximum atomic E-state index is 6.32. The van der Waals surface area contributed by atoms with Crippen LogP contribution in [-0.4, -0.2) is 6.26 Å². The SMILES string of the molecule is CSc1ccc(C(N)c2cc3cccc(C)c3o2)cc1. The number of aryl methyl sites for hydroxylation is 1. The van der Waals surface area contributed by atoms with Gasteiger partial charge in [0.15, 0.2) is 0 Å². The third-order valence-corrected chi connectivity index (χ3v) is 4.29. The fourth-order valence-corrected chi connectivity index (χ4v) is 2.77. The molecule has 1 atom stereocenters. The molecule has 0 radical (unpaired) electrons. The summed E-state index contributed by atoms with van der Waals surface area (Å²) in [7, 11) is 0. The number of furan rings is 1. The van der Waals surface area contributed by atoms with Crippen LogP contribution in [-0.2, 0) is 0 Å². The lowest BCUT2D eigenvalue weighted by Gasteiger charge is -2.09. The van der Waals surface area contributed by atoms with Gasteiger partial charge in [-0.25, -0.2) is 0 Å². The summed E-state index contributed by atoms with van der Waals surface area (Å²) in [6.45, 7) is 2.05. The molecule has 0 fully saturated rings. The fraction of sp³-hybridized carbons (Fsp3) is 0.176. The highest BCUT2D eigenvalue weighted by Crippen LogP contribution is 2.29. The number of hydrogen-bond donors (Lipinski definition) is 1. The van der Waals surface area contributed by atoms with Crippen molar-refractivity contribution in [2.75, 3.05) is 6.26 Å². The Labute approximate surface area is 123 Å². The summed E-state index contributed by atoms with van der Waals surface area (Å²) in [4.78, 5) is 1.24. The number of para-hydroxylation sites is 1. The summed E-state index contributed by atoms with van der Waals surface area (Å²) in [6.07, 6.45) is 2.07. The quantitative estimate of drug-likeness (QED) is 0.719. The second kappa shape index (κ2) is 5.35. The zero-order chi connectivity index (χ0) is 14.1. The monoisotopic (exact) mass is 283 g/mol. The first-order valence-corrected chi connectivity index (χ1v) is 7.80. The van der Waals surface area contributed by atoms with Crippen molar-refractivity contribution in [2.24, 2.45) is 5.73 Å². The van der Waals surface area contributed by atoms with E-state index in [0.29, 0.717) is 0 Å². The molecule has 0 bridgehead atoms. The Morgan fingerprint density at radius 2 is 1.85 bits per heavy atom. The van der Waals surface area contributed by atoms with Crippen molar-refractivity contribution in [1.29, 1.82) is 0 Å². The van der Waals surface area contributed by atoms with E-state index >= 15 is 0 Å². The molecule has 2 aromatic carbocycles. The maximum absolute atomic E-state index is 6.32. The van der Waals surface area contributed by atoms with Crippen LogP contribution in [0.3, 0.4) is 0 Å². The van der Waals surface area contributed by atoms with Crippen LogP contribution in [0.4, 0.5) is 0 Å². The third kappa shape index (κ3) is 2.35. The molecule has 3 aromatic rings. The molecular weight excluding hydrogens is 266 g/mol. The van der Waals surface area contributed by atoms with Gasteiger partial charge in [0.1, 0.15) is 11.3 Å². The van der Waals surface area contributed by atoms with Crippen LogP contribution >= 0.6 is 11.8 Å². The van der Waals surface area contributed by atoms with Crippen LogP contribution in [0.25, 0.3) is 11.0 Å². The van der Waals surface area contributed by atoms with Crippen molar-refractivity contribution in [1.82, 2.24) is 0 Å². The van der Waals surface area contributed by atoms with Gasteiger partial charge in [0.25, 0.3) is 0 Å². The molecule has 102 valence electrons. The highest BCUT2D eigenvalue weighted by atomic mass is 32.2. The first kappa shape index (κ1) is 13.3. The van der Waals surface area contributed by atoms with E-state index in [1.54, 1.807) is 11.8 Å². The third-order valence-electron chi connectivity index (χ3n) is 3.54. The van der Waals surface area contributed by atoms with Crippen molar-refractivity contribution in [3.63, 3.8) is 0 Å². The van der Waals surface area contributed by atoms with Crippen LogP contribution < -0.4 is 5.73 Å². The second-order valence-electron chi connectivity index (χ2n) is 4.89. The molecule has 3 heteroatoms. The van der Waals surface area contributed by atoms with Crippen LogP contribution in [0, 0.1) is 6.92 Å². The first-order valence-electron chi connectivity index (χ1n) is 6.57. The Bertz CT molecular complexity index is 730. The molecule has 2 nitrogen and oxygen atoms in total. The average molecular weight is 283 g/mol. The van der Waals surface area contributed by atoms with Crippen LogP contribution in [0.2, 0.25) is 0 Å². The molecular formula is C17H17NOS. The molecule has 2 N–H and O–H groups in total. The van der Waals surface area contributed by atoms with E-state index in [1.165, 1.54) is 4.90 Å². The lowest BCUT2D eigenvalue weighted by Crippen LogP contribution is -2.10. The molecule has 0 aliphatic carbocycles. The predicted octanol–water partition coefficient (Wildman–Crippen LogP) is 4.51. The minimum absolute atomic E-state index is 0.224. The fourth-order valence-electron chi connectivity index (χ4n) is 2.36. The summed E-state index contributed by atoms with van der Waals surface area (Å²) >= 11 is 1.73. The molecule has 3 rings (SSSR count). The van der Waals surface area contributed by atoms with Gasteiger partial charge in [0.2, 0.25) is 0 Å². The van der Waals surface area contributed by atoms with Crippen LogP contribution in [0.15, 0.2) is 57.8 Å². The molecule has 0 spiro atoms. The van der Waals surface area contributed by atoms with Gasteiger partial charge in [0.05, 0.1) is 6.04 Å². The molecule has 1 heterocycles. The molecule has 20 heavy (non-hydrogen) atoms. The highest BCUT2D eigenvalue weighted by molar-refractivity contribution is 7.98. The van der Waals surface area contributed by atoms with Gasteiger partial charge in [-0.2, -0.15) is 0 Å². The van der Waals surface area contributed by atoms with E-state index in [1.807, 2.05) is 12.1 Å². The molecule has 0 amide bonds. The van der Waals surface area contributed by atoms with Crippen LogP contribution in [0.5, 0.6) is 0 Å². The summed E-state index contributed by atoms with van der Waals surface area (Å²) < 4.78 is 5.94. The number of fused-ring (bicyclic) bond motifs is 1. The van der Waals surface area contributed by atoms with E-state index in [-0.39, 0.29) is 6.04 Å². The van der Waals surface area contributed by atoms with Crippen molar-refractivity contribution < 1.29 is 4.42 Å². The van der Waals surface area contributed by atoms with Gasteiger partial charge in [0, 0.05) is 10.3 Å². The standard InChI is InChI=1S/C17H17NOS/c1-11-4-3-5-13-10-15(19-17(11)13)16(18)12-6-8-14(20-2)9-7-12/h3-10,16H,18H2,1-2H3. The van der Waals surface area contributed by atoms with E-state index in [0.717, 1.165) is 27.9 Å². The number of thioether (sulfide) groups is 1. The van der Waals surface area contributed by atoms with Crippen molar-refractivity contribution in [3.8, 4) is 0 Å². The van der Waals surface area contributed by atoms with Gasteiger partial charge in [-0.05, 0) is 42.5 Å². The van der Waals surface area contributed by atoms with E-state index in [2.05, 4.69) is 49.6 Å². The molecule has 0 aliphatic heterocycles. The Hall–Kier alpha value is -1.71. The Morgan fingerprint density at radius 3 is 2.50 bits per heavy atom. The lowest BCUT2D eigenvalue weighted by atomic mass is 10.1. The normalized spacial score (nSPS) is 12.8. The molecule has 0 saturated heterocycles. The van der Waals surface area contributed by atoms with Gasteiger partial charge in [-0.15, -0.1) is 11.8 Å². The highest BCUT2D eigenvalue weighted by Gasteiger charge is 2.14. The van der Waals surface area contributed by atoms with Gasteiger partial charge >= 0.3 is 0 Å². The Balaban J connectivity index is 1.98. The number of benzene rings is 2. The van der Waals surface area contributed by atoms with Crippen LogP contribution in [0.1, 0.15) is 22.9 Å². The van der Waals surface area contributed by atoms with Crippen molar-refractivity contribution in [3.05, 3.63) is 65.4 Å². The summed E-state index contributed by atoms with van der Waals surface area (Å²) in [5.41, 5.74) is 9.46. The number of nitrogens with two attached hydrogens (primary N) is 1. The van der Waals surface area contributed by atoms with E-state index < -0.39 is 0 Å². The summed E-state index contributed by atoms with van der Waals surface area (Å²) in [5.74, 6) is 0.811. The predicted molar refractivity (Wildman–Crippen MR) is 85.2 cm³/mol. The summed E-state index contributed by atoms with van der Waals surface area (Å²) in [5, 5.41) is 1.11. The van der Waals surface area contributed by atoms with E-state index in [4.69, 9.17) is 10.2 Å². The van der Waals surface area contributed by atoms with Gasteiger partial charge in [-0.1, -0.05) is 30.3 Å². The molecule has 0 saturated carbocycles. The maximum Gasteiger partial charge on any atom is 0.137 e. The van der Waals surface area contributed by atoms with Crippen molar-refractivity contribution in [2.45, 2.75) is 17.9 Å². The smallest absolute Gasteiger partial charge is 0.137 e. The average Bonchev–Trinajstić information content (AvgIpc) is 2.92. The zero-order valence-corrected chi connectivity index (χ0v) is 12.4. The first-order chi connectivity index (χ1) is 9.69. The van der Waals surface area contributed by atoms with Gasteiger partial charge < -0.3 is 10.2 Å². The second-order valence-corrected chi connectivity index (χ2v) is 5.77. The minimum Gasteiger partial charge on any atom is -0.459 e. The van der Waals surface area contributed by atoms with Crippen molar-refractivity contribution >= 4 is 22.7 Å². The zero-order valence-electron chi connectivity index (χ0n) is 11.6. The Kier molecular flexibility index (Phi) is 3.55. The largest absolute Gasteiger partial charge is 0.459 e. The lowest BCUT2D eigenvalue weighted by molar-refractivity contribution is 0.523. The molecule has 1 unspecified atom stereocenters. The molecule has 0 aliphatic rings. The van der Waals surface area contributed by atoms with Gasteiger partial charge in [-0.3, -0.25) is 0 Å². The molecule has 1 aromatic heterocycles. The minimum atomic E-state index is -0.224. The van der Waals surface area contributed by atoms with E-state index in [9.17, 15) is 0 Å². The number of rotatable bonds is 3. The topological polar surface area (TPSA) is 39.2 Å². The summed E-state index contributed by atoms with van der Waals surface area (Å²) in [6, 6.07) is 16.3. The Morgan fingerprint density at radius 1 is 1.10 bits per heavy atom.